The Labute approximate surface area is 144 Å². The molecule has 0 aromatic heterocycles. The minimum absolute atomic E-state index is 0.264. The zero-order valence-corrected chi connectivity index (χ0v) is 14.6. The Kier molecular flexibility index (Phi) is 15.1. The zero-order chi connectivity index (χ0) is 19.0. The Bertz CT molecular complexity index is 530. The van der Waals surface area contributed by atoms with Crippen molar-refractivity contribution in [2.24, 2.45) is 0 Å². The number of hydrogen-bond acceptors (Lipinski definition) is 2. The number of carboxylic acids is 2. The normalized spacial score (nSPS) is 8.58. The van der Waals surface area contributed by atoms with Crippen molar-refractivity contribution in [2.75, 3.05) is 0 Å². The molecule has 0 atom stereocenters. The molecule has 24 heavy (non-hydrogen) atoms. The van der Waals surface area contributed by atoms with Crippen molar-refractivity contribution >= 4 is 18.0 Å². The Balaban J connectivity index is 0. The molecule has 4 nitrogen and oxygen atoms in total. The molecule has 2 N–H and O–H groups in total. The van der Waals surface area contributed by atoms with Crippen molar-refractivity contribution in [1.82, 2.24) is 0 Å². The Morgan fingerprint density at radius 2 is 1.50 bits per heavy atom. The van der Waals surface area contributed by atoms with Gasteiger partial charge in [-0.25, -0.2) is 9.59 Å². The standard InChI is InChI=1S/C8H8.C7H12O2.C5H8O2/c1-2-8-6-4-3-5-7-8;1-3-4-5-6(2)7(8)9;1-3-4(2)5(6)7/h2-7H,1H2;2-5H2,1H3,(H,8,9);2-3H2,1H3,(H,6,7). The van der Waals surface area contributed by atoms with Gasteiger partial charge in [-0.15, -0.1) is 0 Å². The lowest BCUT2D eigenvalue weighted by atomic mass is 10.1. The van der Waals surface area contributed by atoms with E-state index < -0.39 is 11.9 Å². The van der Waals surface area contributed by atoms with E-state index >= 15 is 0 Å². The summed E-state index contributed by atoms with van der Waals surface area (Å²) in [4.78, 5) is 19.9. The first-order chi connectivity index (χ1) is 11.3. The fourth-order valence-electron chi connectivity index (χ4n) is 1.24. The maximum atomic E-state index is 10.1. The van der Waals surface area contributed by atoms with Gasteiger partial charge in [0, 0.05) is 11.1 Å². The third-order valence-corrected chi connectivity index (χ3v) is 2.90. The van der Waals surface area contributed by atoms with Gasteiger partial charge < -0.3 is 10.2 Å². The lowest BCUT2D eigenvalue weighted by Crippen LogP contribution is -1.97. The van der Waals surface area contributed by atoms with Crippen LogP contribution in [0.1, 0.15) is 45.1 Å². The summed E-state index contributed by atoms with van der Waals surface area (Å²) in [6.45, 7) is 14.1. The average molecular weight is 332 g/mol. The third kappa shape index (κ3) is 14.3. The Hall–Kier alpha value is -2.62. The highest BCUT2D eigenvalue weighted by molar-refractivity contribution is 5.85. The number of benzene rings is 1. The Morgan fingerprint density at radius 1 is 1.00 bits per heavy atom. The highest BCUT2D eigenvalue weighted by atomic mass is 16.4. The second kappa shape index (κ2) is 15.3. The van der Waals surface area contributed by atoms with Crippen LogP contribution in [0.15, 0.2) is 61.2 Å². The molecular formula is C20H28O4. The predicted octanol–water partition coefficient (Wildman–Crippen LogP) is 5.18. The van der Waals surface area contributed by atoms with Gasteiger partial charge in [0.2, 0.25) is 0 Å². The number of aliphatic carboxylic acids is 2. The maximum absolute atomic E-state index is 10.1. The number of unbranched alkanes of at least 4 members (excludes halogenated alkanes) is 1. The summed E-state index contributed by atoms with van der Waals surface area (Å²) in [5.41, 5.74) is 1.75. The predicted molar refractivity (Wildman–Crippen MR) is 99.9 cm³/mol. The van der Waals surface area contributed by atoms with Gasteiger partial charge >= 0.3 is 11.9 Å². The third-order valence-electron chi connectivity index (χ3n) is 2.90. The molecule has 0 unspecified atom stereocenters. The highest BCUT2D eigenvalue weighted by Gasteiger charge is 2.00. The largest absolute Gasteiger partial charge is 0.478 e. The molecule has 0 saturated heterocycles. The van der Waals surface area contributed by atoms with Gasteiger partial charge in [-0.2, -0.15) is 0 Å². The summed E-state index contributed by atoms with van der Waals surface area (Å²) >= 11 is 0. The number of rotatable bonds is 7. The second-order valence-corrected chi connectivity index (χ2v) is 4.89. The van der Waals surface area contributed by atoms with Crippen molar-refractivity contribution in [3.05, 3.63) is 66.8 Å². The van der Waals surface area contributed by atoms with Crippen LogP contribution in [0.3, 0.4) is 0 Å². The van der Waals surface area contributed by atoms with E-state index in [2.05, 4.69) is 19.7 Å². The van der Waals surface area contributed by atoms with Gasteiger partial charge in [0.05, 0.1) is 0 Å². The van der Waals surface area contributed by atoms with Crippen LogP contribution >= 0.6 is 0 Å². The van der Waals surface area contributed by atoms with Crippen LogP contribution in [0.5, 0.6) is 0 Å². The molecule has 0 heterocycles. The molecule has 0 aliphatic heterocycles. The summed E-state index contributed by atoms with van der Waals surface area (Å²) in [5.74, 6) is -1.77. The molecule has 0 spiro atoms. The maximum Gasteiger partial charge on any atom is 0.330 e. The lowest BCUT2D eigenvalue weighted by Gasteiger charge is -1.95. The van der Waals surface area contributed by atoms with Crippen LogP contribution in [0.25, 0.3) is 6.08 Å². The second-order valence-electron chi connectivity index (χ2n) is 4.89. The Morgan fingerprint density at radius 3 is 1.75 bits per heavy atom. The molecule has 4 heteroatoms. The van der Waals surface area contributed by atoms with E-state index in [1.165, 1.54) is 5.56 Å². The first-order valence-corrected chi connectivity index (χ1v) is 7.79. The van der Waals surface area contributed by atoms with E-state index in [9.17, 15) is 9.59 Å². The molecule has 0 aliphatic carbocycles. The molecular weight excluding hydrogens is 304 g/mol. The van der Waals surface area contributed by atoms with Gasteiger partial charge in [-0.1, -0.05) is 76.4 Å². The first kappa shape index (κ1) is 23.6. The SMILES string of the molecule is C=C(CC)C(=O)O.C=C(CCCC)C(=O)O.C=Cc1ccccc1. The summed E-state index contributed by atoms with van der Waals surface area (Å²) < 4.78 is 0. The van der Waals surface area contributed by atoms with E-state index in [1.54, 1.807) is 6.92 Å². The molecule has 1 aromatic carbocycles. The minimum Gasteiger partial charge on any atom is -0.478 e. The molecule has 0 aliphatic rings. The average Bonchev–Trinajstić information content (AvgIpc) is 2.60. The first-order valence-electron chi connectivity index (χ1n) is 7.79. The molecule has 1 aromatic rings. The summed E-state index contributed by atoms with van der Waals surface area (Å²) in [6, 6.07) is 10.0. The fourth-order valence-corrected chi connectivity index (χ4v) is 1.24. The summed E-state index contributed by atoms with van der Waals surface area (Å²) in [7, 11) is 0. The highest BCUT2D eigenvalue weighted by Crippen LogP contribution is 2.03. The molecule has 0 fully saturated rings. The zero-order valence-electron chi connectivity index (χ0n) is 14.6. The van der Waals surface area contributed by atoms with E-state index in [0.717, 1.165) is 12.8 Å². The fraction of sp³-hybridized carbons (Fsp3) is 0.300. The van der Waals surface area contributed by atoms with Gasteiger partial charge in [0.1, 0.15) is 0 Å². The lowest BCUT2D eigenvalue weighted by molar-refractivity contribution is -0.133. The minimum atomic E-state index is -0.900. The van der Waals surface area contributed by atoms with Crippen molar-refractivity contribution in [3.8, 4) is 0 Å². The van der Waals surface area contributed by atoms with Gasteiger partial charge in [0.25, 0.3) is 0 Å². The molecule has 0 amide bonds. The van der Waals surface area contributed by atoms with E-state index in [-0.39, 0.29) is 5.57 Å². The van der Waals surface area contributed by atoms with Crippen LogP contribution < -0.4 is 0 Å². The number of hydrogen-bond donors (Lipinski definition) is 2. The molecule has 1 rings (SSSR count). The monoisotopic (exact) mass is 332 g/mol. The van der Waals surface area contributed by atoms with Crippen LogP contribution in [0.4, 0.5) is 0 Å². The van der Waals surface area contributed by atoms with Crippen LogP contribution in [0, 0.1) is 0 Å². The summed E-state index contributed by atoms with van der Waals surface area (Å²) in [6.07, 6.45) is 4.92. The van der Waals surface area contributed by atoms with Crippen LogP contribution in [0.2, 0.25) is 0 Å². The number of carbonyl (C=O) groups is 2. The van der Waals surface area contributed by atoms with E-state index in [0.29, 0.717) is 18.4 Å². The summed E-state index contributed by atoms with van der Waals surface area (Å²) in [5, 5.41) is 16.4. The molecule has 0 bridgehead atoms. The number of carboxylic acid groups (broad SMARTS) is 2. The van der Waals surface area contributed by atoms with E-state index in [4.69, 9.17) is 10.2 Å². The van der Waals surface area contributed by atoms with Gasteiger partial charge in [0.15, 0.2) is 0 Å². The quantitative estimate of drug-likeness (QED) is 0.674. The molecule has 0 saturated carbocycles. The van der Waals surface area contributed by atoms with Crippen molar-refractivity contribution in [3.63, 3.8) is 0 Å². The van der Waals surface area contributed by atoms with Crippen molar-refractivity contribution in [2.45, 2.75) is 39.5 Å². The van der Waals surface area contributed by atoms with Crippen molar-refractivity contribution in [1.29, 1.82) is 0 Å². The van der Waals surface area contributed by atoms with Crippen LogP contribution in [-0.2, 0) is 9.59 Å². The smallest absolute Gasteiger partial charge is 0.330 e. The molecule has 0 radical (unpaired) electrons. The van der Waals surface area contributed by atoms with Gasteiger partial charge in [-0.3, -0.25) is 0 Å². The van der Waals surface area contributed by atoms with E-state index in [1.807, 2.05) is 43.3 Å². The van der Waals surface area contributed by atoms with Gasteiger partial charge in [-0.05, 0) is 24.8 Å². The van der Waals surface area contributed by atoms with Crippen LogP contribution in [-0.4, -0.2) is 22.2 Å². The topological polar surface area (TPSA) is 74.6 Å². The van der Waals surface area contributed by atoms with Crippen molar-refractivity contribution < 1.29 is 19.8 Å². The molecule has 132 valence electrons.